The van der Waals surface area contributed by atoms with Crippen LogP contribution >= 0.6 is 0 Å². The zero-order valence-electron chi connectivity index (χ0n) is 29.5. The maximum atomic E-state index is 15.4. The average molecular weight is 668 g/mol. The number of aryl methyl sites for hydroxylation is 1. The van der Waals surface area contributed by atoms with Crippen molar-refractivity contribution in [3.63, 3.8) is 0 Å². The number of sulfonamides is 1. The number of Topliss-reactive ketones (excluding diaryl/α,β-unsaturated/α-hetero) is 1. The molecule has 0 radical (unpaired) electrons. The fourth-order valence-electron chi connectivity index (χ4n) is 6.88. The molecule has 2 fully saturated rings. The van der Waals surface area contributed by atoms with E-state index < -0.39 is 10.0 Å². The van der Waals surface area contributed by atoms with E-state index in [9.17, 15) is 13.2 Å². The summed E-state index contributed by atoms with van der Waals surface area (Å²) >= 11 is 0. The lowest BCUT2D eigenvalue weighted by Gasteiger charge is -2.29. The molecule has 0 saturated heterocycles. The van der Waals surface area contributed by atoms with Crippen molar-refractivity contribution in [1.82, 2.24) is 9.78 Å². The highest BCUT2D eigenvalue weighted by molar-refractivity contribution is 7.92. The van der Waals surface area contributed by atoms with Gasteiger partial charge in [-0.25, -0.2) is 17.5 Å². The molecule has 3 atom stereocenters. The summed E-state index contributed by atoms with van der Waals surface area (Å²) in [6, 6.07) is 12.5. The summed E-state index contributed by atoms with van der Waals surface area (Å²) in [6.07, 6.45) is 9.14. The lowest BCUT2D eigenvalue weighted by atomic mass is 9.77. The third-order valence-electron chi connectivity index (χ3n) is 9.83. The Morgan fingerprint density at radius 2 is 1.83 bits per heavy atom. The number of halogens is 1. The van der Waals surface area contributed by atoms with Crippen LogP contribution in [0.4, 0.5) is 10.2 Å². The van der Waals surface area contributed by atoms with Crippen molar-refractivity contribution in [3.05, 3.63) is 59.5 Å². The van der Waals surface area contributed by atoms with Crippen LogP contribution in [0.15, 0.2) is 42.5 Å². The molecule has 7 nitrogen and oxygen atoms in total. The van der Waals surface area contributed by atoms with Gasteiger partial charge in [0.05, 0.1) is 23.7 Å². The number of nitrogens with zero attached hydrogens (tertiary/aromatic N) is 2. The molecule has 5 rings (SSSR count). The molecule has 2 aromatic carbocycles. The molecule has 2 aliphatic rings. The predicted octanol–water partition coefficient (Wildman–Crippen LogP) is 9.62. The van der Waals surface area contributed by atoms with Crippen molar-refractivity contribution in [2.24, 2.45) is 17.3 Å². The molecule has 1 aromatic heterocycles. The number of carbonyl (C=O) groups is 1. The number of ether oxygens (including phenoxy) is 1. The van der Waals surface area contributed by atoms with E-state index in [0.29, 0.717) is 40.7 Å². The molecule has 0 amide bonds. The first kappa shape index (κ1) is 36.6. The van der Waals surface area contributed by atoms with E-state index in [1.165, 1.54) is 6.07 Å². The maximum Gasteiger partial charge on any atom is 0.230 e. The Morgan fingerprint density at radius 3 is 2.47 bits per heavy atom. The van der Waals surface area contributed by atoms with E-state index in [0.717, 1.165) is 68.7 Å². The number of aromatic nitrogens is 2. The maximum absolute atomic E-state index is 15.4. The first-order chi connectivity index (χ1) is 22.2. The van der Waals surface area contributed by atoms with Crippen LogP contribution in [0.5, 0.6) is 5.75 Å². The van der Waals surface area contributed by atoms with Crippen LogP contribution in [0.3, 0.4) is 0 Å². The predicted molar refractivity (Wildman–Crippen MR) is 189 cm³/mol. The largest absolute Gasteiger partial charge is 0.490 e. The molecular formula is C38H54FN3O4S. The second kappa shape index (κ2) is 15.3. The van der Waals surface area contributed by atoms with E-state index >= 15 is 4.39 Å². The van der Waals surface area contributed by atoms with Gasteiger partial charge in [0, 0.05) is 24.0 Å². The Morgan fingerprint density at radius 1 is 1.11 bits per heavy atom. The van der Waals surface area contributed by atoms with Gasteiger partial charge in [-0.15, -0.1) is 0 Å². The molecule has 3 aromatic rings. The quantitative estimate of drug-likeness (QED) is 0.196. The van der Waals surface area contributed by atoms with Crippen LogP contribution in [-0.4, -0.2) is 36.3 Å². The fourth-order valence-corrected chi connectivity index (χ4v) is 7.40. The smallest absolute Gasteiger partial charge is 0.230 e. The summed E-state index contributed by atoms with van der Waals surface area (Å²) in [5.74, 6) is 1.58. The molecule has 47 heavy (non-hydrogen) atoms. The Labute approximate surface area is 281 Å². The van der Waals surface area contributed by atoms with Gasteiger partial charge in [0.25, 0.3) is 0 Å². The van der Waals surface area contributed by atoms with Crippen molar-refractivity contribution < 1.29 is 22.3 Å². The van der Waals surface area contributed by atoms with Crippen LogP contribution in [0.25, 0.3) is 16.8 Å². The number of hydrogen-bond acceptors (Lipinski definition) is 5. The normalized spacial score (nSPS) is 19.0. The lowest BCUT2D eigenvalue weighted by molar-refractivity contribution is -0.124. The number of hydrogen-bond donors (Lipinski definition) is 1. The molecule has 1 N–H and O–H groups in total. The molecule has 258 valence electrons. The van der Waals surface area contributed by atoms with Crippen LogP contribution < -0.4 is 9.46 Å². The molecular weight excluding hydrogens is 614 g/mol. The van der Waals surface area contributed by atoms with Gasteiger partial charge in [-0.05, 0) is 98.1 Å². The van der Waals surface area contributed by atoms with Crippen LogP contribution in [0.2, 0.25) is 0 Å². The second-order valence-electron chi connectivity index (χ2n) is 14.2. The highest BCUT2D eigenvalue weighted by Crippen LogP contribution is 2.46. The minimum Gasteiger partial charge on any atom is -0.490 e. The summed E-state index contributed by atoms with van der Waals surface area (Å²) in [5.41, 5.74) is 3.70. The third-order valence-corrected chi connectivity index (χ3v) is 10.4. The molecule has 0 spiro atoms. The summed E-state index contributed by atoms with van der Waals surface area (Å²) in [5, 5.41) is 4.56. The highest BCUT2D eigenvalue weighted by atomic mass is 32.2. The number of benzene rings is 2. The van der Waals surface area contributed by atoms with Gasteiger partial charge in [0.2, 0.25) is 10.0 Å². The second-order valence-corrected chi connectivity index (χ2v) is 15.9. The summed E-state index contributed by atoms with van der Waals surface area (Å²) in [7, 11) is -3.54. The first-order valence-corrected chi connectivity index (χ1v) is 19.3. The highest BCUT2D eigenvalue weighted by Gasteiger charge is 2.32. The standard InChI is InChI=1S/C36H48FN3O4S.C2H6/c1-7-36(4,5)22-23(2)32(41)20-25-14-16-28(19-25)44-33-17-15-27(40-34(18-24(3)38-40)39-45(6,42)43)21-30(33)29-12-9-13-31(37)35(29)26-10-8-11-26;1-2/h9,12-13,15,17-18,21,23,25-26,28,39H,7-8,10-11,14,16,19-20,22H2,1-6H3;1-2H3/t23-,25+,28+;/m0./s1. The fraction of sp³-hybridized carbons (Fsp3) is 0.579. The number of rotatable bonds is 13. The number of nitrogens with one attached hydrogen (secondary N) is 1. The summed E-state index contributed by atoms with van der Waals surface area (Å²) < 4.78 is 50.4. The van der Waals surface area contributed by atoms with Gasteiger partial charge < -0.3 is 4.74 Å². The minimum atomic E-state index is -3.54. The van der Waals surface area contributed by atoms with E-state index in [1.54, 1.807) is 23.7 Å². The van der Waals surface area contributed by atoms with Crippen molar-refractivity contribution in [2.75, 3.05) is 11.0 Å². The zero-order chi connectivity index (χ0) is 34.5. The first-order valence-electron chi connectivity index (χ1n) is 17.4. The molecule has 2 aliphatic carbocycles. The molecule has 1 heterocycles. The van der Waals surface area contributed by atoms with Crippen LogP contribution in [0.1, 0.15) is 117 Å². The van der Waals surface area contributed by atoms with Gasteiger partial charge in [0.1, 0.15) is 23.2 Å². The monoisotopic (exact) mass is 667 g/mol. The van der Waals surface area contributed by atoms with Crippen LogP contribution in [0, 0.1) is 30.0 Å². The summed E-state index contributed by atoms with van der Waals surface area (Å²) in [4.78, 5) is 13.1. The number of ketones is 1. The molecule has 2 saturated carbocycles. The van der Waals surface area contributed by atoms with Crippen LogP contribution in [-0.2, 0) is 14.8 Å². The third kappa shape index (κ3) is 9.24. The average Bonchev–Trinajstić information content (AvgIpc) is 3.58. The van der Waals surface area contributed by atoms with E-state index in [4.69, 9.17) is 4.74 Å². The molecule has 0 bridgehead atoms. The van der Waals surface area contributed by atoms with Crippen molar-refractivity contribution >= 4 is 21.6 Å². The van der Waals surface area contributed by atoms with E-state index in [1.807, 2.05) is 38.1 Å². The van der Waals surface area contributed by atoms with E-state index in [2.05, 4.69) is 37.5 Å². The van der Waals surface area contributed by atoms with Crippen molar-refractivity contribution in [2.45, 2.75) is 118 Å². The molecule has 0 aliphatic heterocycles. The Bertz CT molecular complexity index is 1640. The van der Waals surface area contributed by atoms with Gasteiger partial charge in [-0.1, -0.05) is 66.5 Å². The molecule has 9 heteroatoms. The van der Waals surface area contributed by atoms with Gasteiger partial charge in [-0.3, -0.25) is 9.52 Å². The Kier molecular flexibility index (Phi) is 12.0. The van der Waals surface area contributed by atoms with Gasteiger partial charge in [0.15, 0.2) is 0 Å². The zero-order valence-corrected chi connectivity index (χ0v) is 30.3. The molecule has 0 unspecified atom stereocenters. The number of anilines is 1. The Hall–Kier alpha value is -3.20. The van der Waals surface area contributed by atoms with Gasteiger partial charge in [-0.2, -0.15) is 5.10 Å². The lowest BCUT2D eigenvalue weighted by Crippen LogP contribution is -2.22. The minimum absolute atomic E-state index is 0.0463. The topological polar surface area (TPSA) is 90.3 Å². The number of carbonyl (C=O) groups excluding carboxylic acids is 1. The van der Waals surface area contributed by atoms with Crippen molar-refractivity contribution in [1.29, 1.82) is 0 Å². The van der Waals surface area contributed by atoms with E-state index in [-0.39, 0.29) is 35.1 Å². The SMILES string of the molecule is CC.CCC(C)(C)C[C@H](C)C(=O)C[C@@H]1CC[C@@H](Oc2ccc(-n3nc(C)cc3NS(C)(=O)=O)cc2-c2cccc(F)c2C2CCC2)C1. The van der Waals surface area contributed by atoms with Gasteiger partial charge >= 0.3 is 0 Å². The van der Waals surface area contributed by atoms with Crippen molar-refractivity contribution in [3.8, 4) is 22.6 Å². The summed E-state index contributed by atoms with van der Waals surface area (Å²) in [6.45, 7) is 14.5. The Balaban J connectivity index is 0.00000245.